The molecular weight excluding hydrogens is 369 g/mol. The lowest BCUT2D eigenvalue weighted by atomic mass is 10.1. The summed E-state index contributed by atoms with van der Waals surface area (Å²) in [6.07, 6.45) is 0.686. The van der Waals surface area contributed by atoms with Crippen LogP contribution in [0.15, 0.2) is 42.5 Å². The van der Waals surface area contributed by atoms with Crippen LogP contribution in [-0.2, 0) is 6.42 Å². The summed E-state index contributed by atoms with van der Waals surface area (Å²) < 4.78 is 0. The van der Waals surface area contributed by atoms with Gasteiger partial charge in [-0.1, -0.05) is 41.4 Å². The van der Waals surface area contributed by atoms with E-state index in [1.165, 1.54) is 11.3 Å². The molecule has 2 aromatic rings. The van der Waals surface area contributed by atoms with Crippen LogP contribution in [0.3, 0.4) is 0 Å². The fraction of sp³-hybridized carbons (Fsp3) is 0.350. The van der Waals surface area contributed by atoms with Gasteiger partial charge in [0.1, 0.15) is 0 Å². The number of carbonyl (C=O) groups excluding carboxylic acids is 1. The number of rotatable bonds is 4. The van der Waals surface area contributed by atoms with Gasteiger partial charge < -0.3 is 15.1 Å². The molecule has 1 heterocycles. The number of piperazine rings is 1. The van der Waals surface area contributed by atoms with Gasteiger partial charge in [-0.2, -0.15) is 0 Å². The van der Waals surface area contributed by atoms with Gasteiger partial charge in [0.25, 0.3) is 0 Å². The average molecular weight is 392 g/mol. The van der Waals surface area contributed by atoms with Crippen LogP contribution in [0.5, 0.6) is 0 Å². The monoisotopic (exact) mass is 391 g/mol. The Morgan fingerprint density at radius 1 is 1.08 bits per heavy atom. The lowest BCUT2D eigenvalue weighted by Gasteiger charge is -2.36. The van der Waals surface area contributed by atoms with Gasteiger partial charge in [-0.3, -0.25) is 0 Å². The molecule has 6 heteroatoms. The van der Waals surface area contributed by atoms with E-state index in [9.17, 15) is 4.79 Å². The summed E-state index contributed by atoms with van der Waals surface area (Å²) in [6, 6.07) is 13.9. The molecule has 2 amide bonds. The first-order valence-electron chi connectivity index (χ1n) is 8.81. The molecule has 0 aliphatic carbocycles. The van der Waals surface area contributed by atoms with E-state index in [2.05, 4.69) is 41.4 Å². The predicted molar refractivity (Wildman–Crippen MR) is 109 cm³/mol. The molecule has 2 aromatic carbocycles. The van der Waals surface area contributed by atoms with Gasteiger partial charge in [-0.15, -0.1) is 0 Å². The highest BCUT2D eigenvalue weighted by Crippen LogP contribution is 2.21. The maximum absolute atomic E-state index is 12.4. The van der Waals surface area contributed by atoms with Crippen molar-refractivity contribution in [3.05, 3.63) is 63.6 Å². The lowest BCUT2D eigenvalue weighted by molar-refractivity contribution is 0.194. The zero-order valence-corrected chi connectivity index (χ0v) is 16.4. The van der Waals surface area contributed by atoms with Crippen LogP contribution in [0.1, 0.15) is 11.1 Å². The van der Waals surface area contributed by atoms with Crippen molar-refractivity contribution >= 4 is 34.9 Å². The van der Waals surface area contributed by atoms with Gasteiger partial charge in [0, 0.05) is 48.5 Å². The molecule has 0 bridgehead atoms. The molecule has 0 unspecified atom stereocenters. The number of hydrogen-bond acceptors (Lipinski definition) is 2. The van der Waals surface area contributed by atoms with Crippen LogP contribution in [0.2, 0.25) is 10.0 Å². The molecule has 1 aliphatic heterocycles. The van der Waals surface area contributed by atoms with E-state index in [1.54, 1.807) is 6.07 Å². The first-order valence-corrected chi connectivity index (χ1v) is 9.57. The maximum Gasteiger partial charge on any atom is 0.317 e. The molecule has 0 aromatic heterocycles. The number of nitrogens with one attached hydrogen (secondary N) is 1. The third kappa shape index (κ3) is 4.83. The van der Waals surface area contributed by atoms with Crippen molar-refractivity contribution in [1.29, 1.82) is 0 Å². The molecule has 4 nitrogen and oxygen atoms in total. The van der Waals surface area contributed by atoms with Crippen LogP contribution in [0.4, 0.5) is 10.5 Å². The van der Waals surface area contributed by atoms with Crippen LogP contribution < -0.4 is 10.2 Å². The second-order valence-corrected chi connectivity index (χ2v) is 7.37. The van der Waals surface area contributed by atoms with Crippen LogP contribution >= 0.6 is 23.2 Å². The van der Waals surface area contributed by atoms with E-state index in [-0.39, 0.29) is 6.03 Å². The molecule has 0 saturated carbocycles. The topological polar surface area (TPSA) is 35.6 Å². The Morgan fingerprint density at radius 2 is 1.85 bits per heavy atom. The van der Waals surface area contributed by atoms with Gasteiger partial charge in [0.15, 0.2) is 0 Å². The molecular formula is C20H23Cl2N3O. The molecule has 138 valence electrons. The highest BCUT2D eigenvalue weighted by molar-refractivity contribution is 6.35. The molecule has 0 atom stereocenters. The van der Waals surface area contributed by atoms with Crippen molar-refractivity contribution in [3.63, 3.8) is 0 Å². The molecule has 1 fully saturated rings. The maximum atomic E-state index is 12.4. The van der Waals surface area contributed by atoms with E-state index < -0.39 is 0 Å². The molecule has 26 heavy (non-hydrogen) atoms. The Balaban J connectivity index is 1.45. The molecule has 1 aliphatic rings. The zero-order chi connectivity index (χ0) is 18.5. The zero-order valence-electron chi connectivity index (χ0n) is 14.8. The fourth-order valence-electron chi connectivity index (χ4n) is 3.13. The van der Waals surface area contributed by atoms with Gasteiger partial charge in [0.2, 0.25) is 0 Å². The largest absolute Gasteiger partial charge is 0.368 e. The number of hydrogen-bond donors (Lipinski definition) is 1. The molecule has 0 radical (unpaired) electrons. The lowest BCUT2D eigenvalue weighted by Crippen LogP contribution is -2.52. The summed E-state index contributed by atoms with van der Waals surface area (Å²) in [5, 5.41) is 4.24. The number of aryl methyl sites for hydroxylation is 1. The van der Waals surface area contributed by atoms with Crippen molar-refractivity contribution in [3.8, 4) is 0 Å². The summed E-state index contributed by atoms with van der Waals surface area (Å²) in [5.74, 6) is 0. The van der Waals surface area contributed by atoms with E-state index in [1.807, 2.05) is 17.0 Å². The number of anilines is 1. The van der Waals surface area contributed by atoms with Crippen molar-refractivity contribution in [2.75, 3.05) is 37.6 Å². The number of carbonyl (C=O) groups is 1. The summed E-state index contributed by atoms with van der Waals surface area (Å²) in [5.41, 5.74) is 3.46. The van der Waals surface area contributed by atoms with Crippen molar-refractivity contribution in [2.45, 2.75) is 13.3 Å². The van der Waals surface area contributed by atoms with Crippen molar-refractivity contribution in [1.82, 2.24) is 10.2 Å². The van der Waals surface area contributed by atoms with Crippen LogP contribution in [0, 0.1) is 6.92 Å². The van der Waals surface area contributed by atoms with E-state index in [0.717, 1.165) is 31.7 Å². The molecule has 3 rings (SSSR count). The third-order valence-corrected chi connectivity index (χ3v) is 5.21. The summed E-state index contributed by atoms with van der Waals surface area (Å²) in [6.45, 7) is 5.79. The quantitative estimate of drug-likeness (QED) is 0.839. The van der Waals surface area contributed by atoms with Gasteiger partial charge >= 0.3 is 6.03 Å². The first-order chi connectivity index (χ1) is 12.5. The second-order valence-electron chi connectivity index (χ2n) is 6.53. The minimum absolute atomic E-state index is 0.0148. The van der Waals surface area contributed by atoms with Crippen molar-refractivity contribution < 1.29 is 4.79 Å². The SMILES string of the molecule is Cc1cccc(N2CCN(C(=O)NCCc3ccc(Cl)cc3Cl)CC2)c1. The number of amides is 2. The van der Waals surface area contributed by atoms with Crippen LogP contribution in [0.25, 0.3) is 0 Å². The number of nitrogens with zero attached hydrogens (tertiary/aromatic N) is 2. The van der Waals surface area contributed by atoms with Gasteiger partial charge in [-0.05, 0) is 48.7 Å². The molecule has 0 spiro atoms. The third-order valence-electron chi connectivity index (χ3n) is 4.62. The highest BCUT2D eigenvalue weighted by atomic mass is 35.5. The van der Waals surface area contributed by atoms with E-state index in [4.69, 9.17) is 23.2 Å². The van der Waals surface area contributed by atoms with Crippen molar-refractivity contribution in [2.24, 2.45) is 0 Å². The number of benzene rings is 2. The Bertz CT molecular complexity index is 773. The average Bonchev–Trinajstić information content (AvgIpc) is 2.63. The van der Waals surface area contributed by atoms with Crippen LogP contribution in [-0.4, -0.2) is 43.7 Å². The smallest absolute Gasteiger partial charge is 0.317 e. The van der Waals surface area contributed by atoms with E-state index in [0.29, 0.717) is 23.0 Å². The minimum Gasteiger partial charge on any atom is -0.368 e. The summed E-state index contributed by atoms with van der Waals surface area (Å²) in [7, 11) is 0. The predicted octanol–water partition coefficient (Wildman–Crippen LogP) is 4.38. The van der Waals surface area contributed by atoms with E-state index >= 15 is 0 Å². The Labute approximate surface area is 164 Å². The van der Waals surface area contributed by atoms with Gasteiger partial charge in [-0.25, -0.2) is 4.79 Å². The number of urea groups is 1. The Kier molecular flexibility index (Phi) is 6.28. The highest BCUT2D eigenvalue weighted by Gasteiger charge is 2.21. The summed E-state index contributed by atoms with van der Waals surface area (Å²) in [4.78, 5) is 16.6. The Hall–Kier alpha value is -1.91. The molecule has 1 saturated heterocycles. The number of halogens is 2. The minimum atomic E-state index is -0.0148. The molecule has 1 N–H and O–H groups in total. The standard InChI is InChI=1S/C20H23Cl2N3O/c1-15-3-2-4-18(13-15)24-9-11-25(12-10-24)20(26)23-8-7-16-5-6-17(21)14-19(16)22/h2-6,13-14H,7-12H2,1H3,(H,23,26). The normalized spacial score (nSPS) is 14.4. The summed E-state index contributed by atoms with van der Waals surface area (Å²) >= 11 is 12.1. The fourth-order valence-corrected chi connectivity index (χ4v) is 3.64. The first kappa shape index (κ1) is 18.9. The van der Waals surface area contributed by atoms with Gasteiger partial charge in [0.05, 0.1) is 0 Å². The second kappa shape index (κ2) is 8.65. The Morgan fingerprint density at radius 3 is 2.54 bits per heavy atom.